The minimum Gasteiger partial charge on any atom is -0.418 e. The van der Waals surface area contributed by atoms with Crippen molar-refractivity contribution < 1.29 is 9.15 Å². The molecule has 0 amide bonds. The van der Waals surface area contributed by atoms with Gasteiger partial charge in [-0.15, -0.1) is 10.2 Å². The van der Waals surface area contributed by atoms with E-state index in [9.17, 15) is 0 Å². The Balaban J connectivity index is 1.85. The summed E-state index contributed by atoms with van der Waals surface area (Å²) in [5.74, 6) is 0.987. The van der Waals surface area contributed by atoms with Gasteiger partial charge >= 0.3 is 0 Å². The van der Waals surface area contributed by atoms with Gasteiger partial charge in [0, 0.05) is 30.0 Å². The van der Waals surface area contributed by atoms with Gasteiger partial charge in [0.05, 0.1) is 11.7 Å². The second-order valence-electron chi connectivity index (χ2n) is 4.96. The van der Waals surface area contributed by atoms with Gasteiger partial charge in [-0.05, 0) is 36.0 Å². The summed E-state index contributed by atoms with van der Waals surface area (Å²) < 4.78 is 12.4. The van der Waals surface area contributed by atoms with E-state index in [1.807, 2.05) is 13.0 Å². The van der Waals surface area contributed by atoms with Gasteiger partial charge in [0.25, 0.3) is 0 Å². The molecule has 0 aliphatic carbocycles. The summed E-state index contributed by atoms with van der Waals surface area (Å²) in [6, 6.07) is 1.83. The van der Waals surface area contributed by atoms with Gasteiger partial charge in [-0.1, -0.05) is 0 Å². The SMILES string of the molecule is C[C@@H]1CN(C)C[C@H](c2nnc(-c3ccncc3Br)o2)O1. The molecule has 0 unspecified atom stereocenters. The summed E-state index contributed by atoms with van der Waals surface area (Å²) in [5, 5.41) is 8.22. The third-order valence-corrected chi connectivity index (χ3v) is 3.79. The fourth-order valence-electron chi connectivity index (χ4n) is 2.32. The van der Waals surface area contributed by atoms with Crippen molar-refractivity contribution in [1.29, 1.82) is 0 Å². The van der Waals surface area contributed by atoms with Crippen LogP contribution in [-0.2, 0) is 4.74 Å². The molecule has 2 aromatic rings. The Labute approximate surface area is 125 Å². The fourth-order valence-corrected chi connectivity index (χ4v) is 2.74. The van der Waals surface area contributed by atoms with Gasteiger partial charge in [0.1, 0.15) is 6.10 Å². The van der Waals surface area contributed by atoms with Crippen LogP contribution in [0.25, 0.3) is 11.5 Å². The molecule has 20 heavy (non-hydrogen) atoms. The number of pyridine rings is 1. The molecule has 7 heteroatoms. The maximum absolute atomic E-state index is 5.86. The van der Waals surface area contributed by atoms with Crippen LogP contribution in [0.2, 0.25) is 0 Å². The van der Waals surface area contributed by atoms with Crippen LogP contribution >= 0.6 is 15.9 Å². The Hall–Kier alpha value is -1.31. The molecule has 0 bridgehead atoms. The summed E-state index contributed by atoms with van der Waals surface area (Å²) in [6.07, 6.45) is 3.37. The largest absolute Gasteiger partial charge is 0.418 e. The predicted octanol–water partition coefficient (Wildman–Crippen LogP) is 2.29. The normalized spacial score (nSPS) is 23.9. The molecule has 0 saturated carbocycles. The monoisotopic (exact) mass is 338 g/mol. The molecule has 0 aromatic carbocycles. The van der Waals surface area contributed by atoms with Crippen LogP contribution < -0.4 is 0 Å². The highest BCUT2D eigenvalue weighted by molar-refractivity contribution is 9.10. The maximum Gasteiger partial charge on any atom is 0.249 e. The van der Waals surface area contributed by atoms with Crippen molar-refractivity contribution in [2.75, 3.05) is 20.1 Å². The third kappa shape index (κ3) is 2.74. The molecule has 6 nitrogen and oxygen atoms in total. The zero-order valence-corrected chi connectivity index (χ0v) is 12.9. The number of hydrogen-bond acceptors (Lipinski definition) is 6. The van der Waals surface area contributed by atoms with Gasteiger partial charge in [-0.25, -0.2) is 0 Å². The van der Waals surface area contributed by atoms with E-state index >= 15 is 0 Å². The fraction of sp³-hybridized carbons (Fsp3) is 0.462. The molecule has 1 aliphatic heterocycles. The van der Waals surface area contributed by atoms with E-state index < -0.39 is 0 Å². The van der Waals surface area contributed by atoms with E-state index in [0.717, 1.165) is 23.1 Å². The van der Waals surface area contributed by atoms with Crippen LogP contribution in [-0.4, -0.2) is 46.3 Å². The van der Waals surface area contributed by atoms with E-state index in [-0.39, 0.29) is 12.2 Å². The van der Waals surface area contributed by atoms with Gasteiger partial charge in [-0.3, -0.25) is 4.98 Å². The quantitative estimate of drug-likeness (QED) is 0.837. The van der Waals surface area contributed by atoms with Crippen LogP contribution in [0.5, 0.6) is 0 Å². The first-order chi connectivity index (χ1) is 9.63. The van der Waals surface area contributed by atoms with Crippen molar-refractivity contribution in [2.24, 2.45) is 0 Å². The van der Waals surface area contributed by atoms with E-state index in [1.54, 1.807) is 12.4 Å². The smallest absolute Gasteiger partial charge is 0.249 e. The lowest BCUT2D eigenvalue weighted by Gasteiger charge is -2.32. The van der Waals surface area contributed by atoms with E-state index in [0.29, 0.717) is 11.8 Å². The molecule has 3 rings (SSSR count). The molecule has 1 saturated heterocycles. The average molecular weight is 339 g/mol. The summed E-state index contributed by atoms with van der Waals surface area (Å²) >= 11 is 3.43. The van der Waals surface area contributed by atoms with Crippen molar-refractivity contribution in [1.82, 2.24) is 20.1 Å². The second-order valence-corrected chi connectivity index (χ2v) is 5.81. The molecule has 2 atom stereocenters. The molecule has 1 fully saturated rings. The number of halogens is 1. The number of morpholine rings is 1. The van der Waals surface area contributed by atoms with Gasteiger partial charge in [0.2, 0.25) is 11.8 Å². The Morgan fingerprint density at radius 3 is 2.95 bits per heavy atom. The summed E-state index contributed by atoms with van der Waals surface area (Å²) in [5.41, 5.74) is 0.830. The Kier molecular flexibility index (Phi) is 3.82. The number of aromatic nitrogens is 3. The highest BCUT2D eigenvalue weighted by Gasteiger charge is 2.28. The Morgan fingerprint density at radius 1 is 1.35 bits per heavy atom. The van der Waals surface area contributed by atoms with Crippen molar-refractivity contribution in [2.45, 2.75) is 19.1 Å². The highest BCUT2D eigenvalue weighted by atomic mass is 79.9. The van der Waals surface area contributed by atoms with E-state index in [1.165, 1.54) is 0 Å². The molecule has 2 aromatic heterocycles. The van der Waals surface area contributed by atoms with E-state index in [2.05, 4.69) is 43.1 Å². The topological polar surface area (TPSA) is 64.3 Å². The Bertz CT molecular complexity index is 594. The number of ether oxygens (including phenoxy) is 1. The molecular weight excluding hydrogens is 324 g/mol. The first-order valence-corrected chi connectivity index (χ1v) is 7.20. The van der Waals surface area contributed by atoms with Crippen LogP contribution in [0, 0.1) is 0 Å². The van der Waals surface area contributed by atoms with Crippen molar-refractivity contribution in [3.05, 3.63) is 28.8 Å². The van der Waals surface area contributed by atoms with Crippen LogP contribution in [0.4, 0.5) is 0 Å². The zero-order chi connectivity index (χ0) is 14.1. The van der Waals surface area contributed by atoms with Crippen molar-refractivity contribution >= 4 is 15.9 Å². The minimum atomic E-state index is -0.175. The summed E-state index contributed by atoms with van der Waals surface area (Å²) in [4.78, 5) is 6.22. The molecule has 0 radical (unpaired) electrons. The number of hydrogen-bond donors (Lipinski definition) is 0. The second kappa shape index (κ2) is 5.59. The van der Waals surface area contributed by atoms with E-state index in [4.69, 9.17) is 9.15 Å². The number of likely N-dealkylation sites (N-methyl/N-ethyl adjacent to an activating group) is 1. The van der Waals surface area contributed by atoms with Crippen LogP contribution in [0.15, 0.2) is 27.3 Å². The van der Waals surface area contributed by atoms with Crippen LogP contribution in [0.3, 0.4) is 0 Å². The van der Waals surface area contributed by atoms with Crippen molar-refractivity contribution in [3.8, 4) is 11.5 Å². The molecule has 1 aliphatic rings. The van der Waals surface area contributed by atoms with Gasteiger partial charge in [0.15, 0.2) is 0 Å². The lowest BCUT2D eigenvalue weighted by molar-refractivity contribution is -0.0821. The third-order valence-electron chi connectivity index (χ3n) is 3.16. The van der Waals surface area contributed by atoms with Crippen molar-refractivity contribution in [3.63, 3.8) is 0 Å². The van der Waals surface area contributed by atoms with Crippen LogP contribution in [0.1, 0.15) is 18.9 Å². The highest BCUT2D eigenvalue weighted by Crippen LogP contribution is 2.29. The number of nitrogens with zero attached hydrogens (tertiary/aromatic N) is 4. The summed E-state index contributed by atoms with van der Waals surface area (Å²) in [7, 11) is 2.06. The maximum atomic E-state index is 5.86. The van der Waals surface area contributed by atoms with Gasteiger partial charge < -0.3 is 14.1 Å². The first-order valence-electron chi connectivity index (χ1n) is 6.41. The molecule has 0 N–H and O–H groups in total. The number of rotatable bonds is 2. The van der Waals surface area contributed by atoms with Gasteiger partial charge in [-0.2, -0.15) is 0 Å². The molecule has 3 heterocycles. The molecule has 0 spiro atoms. The Morgan fingerprint density at radius 2 is 2.20 bits per heavy atom. The lowest BCUT2D eigenvalue weighted by Crippen LogP contribution is -2.40. The summed E-state index contributed by atoms with van der Waals surface area (Å²) in [6.45, 7) is 3.70. The first kappa shape index (κ1) is 13.7. The average Bonchev–Trinajstić information content (AvgIpc) is 2.87. The lowest BCUT2D eigenvalue weighted by atomic mass is 10.2. The molecule has 106 valence electrons. The minimum absolute atomic E-state index is 0.154. The standard InChI is InChI=1S/C13H15BrN4O2/c1-8-6-18(2)7-11(19-8)13-17-16-12(20-13)9-3-4-15-5-10(9)14/h3-5,8,11H,6-7H2,1-2H3/t8-,11-/m1/s1. The molecular formula is C13H15BrN4O2. The predicted molar refractivity (Wildman–Crippen MR) is 76.0 cm³/mol. The zero-order valence-electron chi connectivity index (χ0n) is 11.3.